The minimum absolute atomic E-state index is 0.115. The molecule has 13 heavy (non-hydrogen) atoms. The molecule has 3 nitrogen and oxygen atoms in total. The van der Waals surface area contributed by atoms with Crippen LogP contribution in [0.4, 0.5) is 0 Å². The highest BCUT2D eigenvalue weighted by Gasteiger charge is 2.34. The fraction of sp³-hybridized carbons (Fsp3) is 1.00. The quantitative estimate of drug-likeness (QED) is 0.622. The molecule has 0 N–H and O–H groups in total. The van der Waals surface area contributed by atoms with Gasteiger partial charge in [0.2, 0.25) is 0 Å². The van der Waals surface area contributed by atoms with Gasteiger partial charge in [0.1, 0.15) is 6.10 Å². The summed E-state index contributed by atoms with van der Waals surface area (Å²) in [5.74, 6) is 0. The fourth-order valence-corrected chi connectivity index (χ4v) is 1.74. The van der Waals surface area contributed by atoms with Gasteiger partial charge in [-0.25, -0.2) is 0 Å². The van der Waals surface area contributed by atoms with Crippen molar-refractivity contribution in [2.45, 2.75) is 39.1 Å². The van der Waals surface area contributed by atoms with Crippen LogP contribution in [0.2, 0.25) is 0 Å². The Hall–Kier alpha value is -0.120. The Balaban J connectivity index is 1.83. The van der Waals surface area contributed by atoms with E-state index in [4.69, 9.17) is 14.2 Å². The molecule has 0 aliphatic carbocycles. The van der Waals surface area contributed by atoms with Crippen molar-refractivity contribution in [2.24, 2.45) is 5.41 Å². The van der Waals surface area contributed by atoms with Crippen LogP contribution in [0.5, 0.6) is 0 Å². The van der Waals surface area contributed by atoms with E-state index in [0.29, 0.717) is 0 Å². The Morgan fingerprint density at radius 1 is 1.08 bits per heavy atom. The molecule has 1 atom stereocenters. The monoisotopic (exact) mass is 186 g/mol. The van der Waals surface area contributed by atoms with Gasteiger partial charge in [0.05, 0.1) is 13.2 Å². The zero-order valence-corrected chi connectivity index (χ0v) is 8.41. The van der Waals surface area contributed by atoms with Crippen LogP contribution in [-0.4, -0.2) is 32.2 Å². The molecule has 1 unspecified atom stereocenters. The first-order valence-corrected chi connectivity index (χ1v) is 5.02. The first-order chi connectivity index (χ1) is 6.17. The molecule has 0 aromatic carbocycles. The maximum Gasteiger partial charge on any atom is 0.183 e. The van der Waals surface area contributed by atoms with E-state index in [1.54, 1.807) is 0 Å². The van der Waals surface area contributed by atoms with Crippen molar-refractivity contribution < 1.29 is 14.2 Å². The summed E-state index contributed by atoms with van der Waals surface area (Å²) in [4.78, 5) is 0. The van der Waals surface area contributed by atoms with Crippen molar-refractivity contribution in [3.8, 4) is 0 Å². The largest absolute Gasteiger partial charge is 0.373 e. The van der Waals surface area contributed by atoms with Crippen LogP contribution in [0.1, 0.15) is 26.7 Å². The lowest BCUT2D eigenvalue weighted by Gasteiger charge is -2.36. The maximum absolute atomic E-state index is 5.63. The molecule has 0 spiro atoms. The van der Waals surface area contributed by atoms with Crippen LogP contribution in [0, 0.1) is 5.41 Å². The van der Waals surface area contributed by atoms with Crippen molar-refractivity contribution >= 4 is 0 Å². The average Bonchev–Trinajstić information content (AvgIpc) is 2.56. The zero-order valence-electron chi connectivity index (χ0n) is 8.41. The van der Waals surface area contributed by atoms with Crippen molar-refractivity contribution in [2.75, 3.05) is 19.8 Å². The summed E-state index contributed by atoms with van der Waals surface area (Å²) in [6.45, 7) is 6.71. The Bertz CT molecular complexity index is 163. The molecule has 2 heterocycles. The summed E-state index contributed by atoms with van der Waals surface area (Å²) in [6.07, 6.45) is 2.27. The molecule has 0 amide bonds. The summed E-state index contributed by atoms with van der Waals surface area (Å²) in [7, 11) is 0. The Kier molecular flexibility index (Phi) is 2.58. The van der Waals surface area contributed by atoms with Crippen molar-refractivity contribution in [3.05, 3.63) is 0 Å². The van der Waals surface area contributed by atoms with Crippen LogP contribution >= 0.6 is 0 Å². The molecule has 0 radical (unpaired) electrons. The Labute approximate surface area is 79.4 Å². The summed E-state index contributed by atoms with van der Waals surface area (Å²) in [6, 6.07) is 0. The van der Waals surface area contributed by atoms with Gasteiger partial charge >= 0.3 is 0 Å². The van der Waals surface area contributed by atoms with Gasteiger partial charge in [-0.2, -0.15) is 0 Å². The number of hydrogen-bond donors (Lipinski definition) is 0. The molecule has 76 valence electrons. The first kappa shape index (κ1) is 9.44. The highest BCUT2D eigenvalue weighted by Crippen LogP contribution is 2.28. The van der Waals surface area contributed by atoms with Gasteiger partial charge in [-0.3, -0.25) is 0 Å². The number of rotatable bonds is 1. The maximum atomic E-state index is 5.63. The van der Waals surface area contributed by atoms with E-state index in [2.05, 4.69) is 13.8 Å². The molecule has 2 aliphatic heterocycles. The predicted octanol–water partition coefficient (Wildman–Crippen LogP) is 1.56. The van der Waals surface area contributed by atoms with Gasteiger partial charge in [-0.15, -0.1) is 0 Å². The summed E-state index contributed by atoms with van der Waals surface area (Å²) >= 11 is 0. The molecular weight excluding hydrogens is 168 g/mol. The van der Waals surface area contributed by atoms with E-state index in [-0.39, 0.29) is 17.8 Å². The van der Waals surface area contributed by atoms with Gasteiger partial charge in [0, 0.05) is 12.0 Å². The van der Waals surface area contributed by atoms with Gasteiger partial charge in [0.25, 0.3) is 0 Å². The molecule has 0 bridgehead atoms. The first-order valence-electron chi connectivity index (χ1n) is 5.02. The number of ether oxygens (including phenoxy) is 3. The van der Waals surface area contributed by atoms with E-state index >= 15 is 0 Å². The van der Waals surface area contributed by atoms with E-state index in [1.165, 1.54) is 0 Å². The van der Waals surface area contributed by atoms with E-state index < -0.39 is 0 Å². The van der Waals surface area contributed by atoms with Crippen LogP contribution in [-0.2, 0) is 14.2 Å². The minimum Gasteiger partial charge on any atom is -0.373 e. The van der Waals surface area contributed by atoms with Crippen molar-refractivity contribution in [1.82, 2.24) is 0 Å². The summed E-state index contributed by atoms with van der Waals surface area (Å²) in [5.41, 5.74) is 0.162. The summed E-state index contributed by atoms with van der Waals surface area (Å²) in [5, 5.41) is 0. The lowest BCUT2D eigenvalue weighted by atomic mass is 9.95. The highest BCUT2D eigenvalue weighted by molar-refractivity contribution is 4.76. The second-order valence-electron chi connectivity index (χ2n) is 4.71. The fourth-order valence-electron chi connectivity index (χ4n) is 1.74. The number of hydrogen-bond acceptors (Lipinski definition) is 3. The molecule has 0 aromatic rings. The normalized spacial score (nSPS) is 35.1. The lowest BCUT2D eigenvalue weighted by Crippen LogP contribution is -2.43. The second-order valence-corrected chi connectivity index (χ2v) is 4.71. The third kappa shape index (κ3) is 2.22. The van der Waals surface area contributed by atoms with Crippen LogP contribution in [0.25, 0.3) is 0 Å². The van der Waals surface area contributed by atoms with E-state index in [0.717, 1.165) is 32.7 Å². The third-order valence-electron chi connectivity index (χ3n) is 2.55. The van der Waals surface area contributed by atoms with Crippen LogP contribution < -0.4 is 0 Å². The Morgan fingerprint density at radius 3 is 2.31 bits per heavy atom. The molecule has 2 rings (SSSR count). The van der Waals surface area contributed by atoms with Gasteiger partial charge < -0.3 is 14.2 Å². The van der Waals surface area contributed by atoms with Gasteiger partial charge in [-0.1, -0.05) is 13.8 Å². The molecule has 0 saturated carbocycles. The molecule has 2 aliphatic rings. The van der Waals surface area contributed by atoms with E-state index in [1.807, 2.05) is 0 Å². The molecule has 3 heteroatoms. The topological polar surface area (TPSA) is 27.7 Å². The second kappa shape index (κ2) is 3.56. The Morgan fingerprint density at radius 2 is 1.77 bits per heavy atom. The van der Waals surface area contributed by atoms with E-state index in [9.17, 15) is 0 Å². The standard InChI is InChI=1S/C10H18O3/c1-10(2)6-12-9(13-7-10)8-4-3-5-11-8/h8-9H,3-7H2,1-2H3. The summed E-state index contributed by atoms with van der Waals surface area (Å²) < 4.78 is 16.8. The smallest absolute Gasteiger partial charge is 0.183 e. The SMILES string of the molecule is CC1(C)COC(C2CCCO2)OC1. The lowest BCUT2D eigenvalue weighted by molar-refractivity contribution is -0.257. The van der Waals surface area contributed by atoms with Gasteiger partial charge in [-0.05, 0) is 12.8 Å². The molecule has 0 aromatic heterocycles. The average molecular weight is 186 g/mol. The molecule has 2 fully saturated rings. The molecule has 2 saturated heterocycles. The minimum atomic E-state index is -0.115. The van der Waals surface area contributed by atoms with Crippen molar-refractivity contribution in [3.63, 3.8) is 0 Å². The van der Waals surface area contributed by atoms with Crippen LogP contribution in [0.15, 0.2) is 0 Å². The predicted molar refractivity (Wildman–Crippen MR) is 48.4 cm³/mol. The highest BCUT2D eigenvalue weighted by atomic mass is 16.7. The zero-order chi connectivity index (χ0) is 9.31. The van der Waals surface area contributed by atoms with Crippen LogP contribution in [0.3, 0.4) is 0 Å². The van der Waals surface area contributed by atoms with Crippen molar-refractivity contribution in [1.29, 1.82) is 0 Å². The third-order valence-corrected chi connectivity index (χ3v) is 2.55. The molecular formula is C10H18O3. The van der Waals surface area contributed by atoms with Gasteiger partial charge in [0.15, 0.2) is 6.29 Å².